The van der Waals surface area contributed by atoms with Gasteiger partial charge in [0.25, 0.3) is 0 Å². The van der Waals surface area contributed by atoms with E-state index in [1.54, 1.807) is 4.57 Å². The first-order valence-corrected chi connectivity index (χ1v) is 7.49. The molecule has 2 heterocycles. The average Bonchev–Trinajstić information content (AvgIpc) is 3.00. The van der Waals surface area contributed by atoms with Gasteiger partial charge in [-0.1, -0.05) is 40.2 Å². The number of allylic oxidation sites excluding steroid dienone is 1. The lowest BCUT2D eigenvalue weighted by Crippen LogP contribution is -2.02. The molecule has 0 bridgehead atoms. The number of carbonyl (C=O) groups excluding carboxylic acids is 1. The quantitative estimate of drug-likeness (QED) is 0.659. The van der Waals surface area contributed by atoms with Gasteiger partial charge in [0.05, 0.1) is 17.5 Å². The number of imidazole rings is 1. The molecule has 1 aliphatic heterocycles. The number of aromatic nitrogens is 2. The van der Waals surface area contributed by atoms with E-state index in [1.807, 2.05) is 54.6 Å². The first-order valence-electron chi connectivity index (χ1n) is 6.69. The number of carbonyl (C=O) groups is 1. The zero-order chi connectivity index (χ0) is 14.4. The van der Waals surface area contributed by atoms with Gasteiger partial charge >= 0.3 is 0 Å². The van der Waals surface area contributed by atoms with Crippen LogP contribution < -0.4 is 0 Å². The van der Waals surface area contributed by atoms with Crippen molar-refractivity contribution in [2.45, 2.75) is 6.42 Å². The summed E-state index contributed by atoms with van der Waals surface area (Å²) < 4.78 is 2.76. The summed E-state index contributed by atoms with van der Waals surface area (Å²) in [6, 6.07) is 15.8. The third-order valence-corrected chi connectivity index (χ3v) is 4.18. The Morgan fingerprint density at radius 3 is 2.67 bits per heavy atom. The van der Waals surface area contributed by atoms with Crippen molar-refractivity contribution in [1.82, 2.24) is 9.55 Å². The van der Waals surface area contributed by atoms with Crippen molar-refractivity contribution in [1.29, 1.82) is 0 Å². The molecule has 1 aromatic heterocycles. The van der Waals surface area contributed by atoms with Crippen LogP contribution >= 0.6 is 15.9 Å². The van der Waals surface area contributed by atoms with E-state index in [9.17, 15) is 4.79 Å². The lowest BCUT2D eigenvalue weighted by Gasteiger charge is -1.97. The van der Waals surface area contributed by atoms with E-state index in [4.69, 9.17) is 0 Å². The maximum Gasteiger partial charge on any atom is 0.237 e. The van der Waals surface area contributed by atoms with Crippen LogP contribution in [-0.4, -0.2) is 15.5 Å². The Morgan fingerprint density at radius 1 is 1.10 bits per heavy atom. The van der Waals surface area contributed by atoms with Crippen molar-refractivity contribution in [3.05, 3.63) is 64.4 Å². The van der Waals surface area contributed by atoms with Crippen LogP contribution in [0.4, 0.5) is 0 Å². The highest BCUT2D eigenvalue weighted by molar-refractivity contribution is 9.10. The summed E-state index contributed by atoms with van der Waals surface area (Å²) in [5.74, 6) is 0.853. The molecule has 0 atom stereocenters. The van der Waals surface area contributed by atoms with Crippen LogP contribution in [-0.2, 0) is 0 Å². The van der Waals surface area contributed by atoms with Gasteiger partial charge < -0.3 is 0 Å². The Labute approximate surface area is 130 Å². The number of halogens is 1. The molecule has 0 unspecified atom stereocenters. The van der Waals surface area contributed by atoms with E-state index < -0.39 is 0 Å². The van der Waals surface area contributed by atoms with Crippen molar-refractivity contribution < 1.29 is 4.79 Å². The van der Waals surface area contributed by atoms with Crippen LogP contribution in [0.1, 0.15) is 22.6 Å². The summed E-state index contributed by atoms with van der Waals surface area (Å²) in [6.45, 7) is 0. The lowest BCUT2D eigenvalue weighted by atomic mass is 10.1. The van der Waals surface area contributed by atoms with Gasteiger partial charge in [0.2, 0.25) is 5.91 Å². The Morgan fingerprint density at radius 2 is 1.86 bits per heavy atom. The average molecular weight is 339 g/mol. The Hall–Kier alpha value is -2.20. The summed E-state index contributed by atoms with van der Waals surface area (Å²) >= 11 is 3.43. The molecule has 0 amide bonds. The number of nitrogens with zero attached hydrogens (tertiary/aromatic N) is 2. The van der Waals surface area contributed by atoms with Gasteiger partial charge in [0, 0.05) is 10.0 Å². The van der Waals surface area contributed by atoms with Crippen molar-refractivity contribution >= 4 is 44.5 Å². The topological polar surface area (TPSA) is 34.9 Å². The van der Waals surface area contributed by atoms with Crippen LogP contribution in [0.5, 0.6) is 0 Å². The fourth-order valence-electron chi connectivity index (χ4n) is 2.69. The molecule has 21 heavy (non-hydrogen) atoms. The van der Waals surface area contributed by atoms with E-state index >= 15 is 0 Å². The fourth-order valence-corrected chi connectivity index (χ4v) is 2.95. The molecule has 2 aromatic carbocycles. The molecule has 3 aromatic rings. The molecule has 102 valence electrons. The third kappa shape index (κ3) is 2.03. The molecule has 0 spiro atoms. The second-order valence-corrected chi connectivity index (χ2v) is 5.97. The van der Waals surface area contributed by atoms with Gasteiger partial charge in [-0.2, -0.15) is 0 Å². The molecule has 0 aliphatic carbocycles. The van der Waals surface area contributed by atoms with Gasteiger partial charge in [-0.3, -0.25) is 9.36 Å². The van der Waals surface area contributed by atoms with Crippen molar-refractivity contribution in [3.8, 4) is 0 Å². The molecular weight excluding hydrogens is 328 g/mol. The zero-order valence-corrected chi connectivity index (χ0v) is 12.7. The minimum absolute atomic E-state index is 0.0852. The molecule has 0 saturated heterocycles. The Kier molecular flexibility index (Phi) is 2.79. The van der Waals surface area contributed by atoms with E-state index in [-0.39, 0.29) is 5.91 Å². The first-order chi connectivity index (χ1) is 10.2. The molecule has 0 N–H and O–H groups in total. The highest BCUT2D eigenvalue weighted by Crippen LogP contribution is 2.32. The summed E-state index contributed by atoms with van der Waals surface area (Å²) in [4.78, 5) is 16.9. The van der Waals surface area contributed by atoms with Crippen LogP contribution in [0.25, 0.3) is 22.7 Å². The second-order valence-electron chi connectivity index (χ2n) is 5.05. The third-order valence-electron chi connectivity index (χ3n) is 3.65. The monoisotopic (exact) mass is 338 g/mol. The predicted molar refractivity (Wildman–Crippen MR) is 87.0 cm³/mol. The van der Waals surface area contributed by atoms with E-state index in [0.717, 1.165) is 32.5 Å². The van der Waals surface area contributed by atoms with Gasteiger partial charge in [-0.15, -0.1) is 0 Å². The summed E-state index contributed by atoms with van der Waals surface area (Å²) in [7, 11) is 0. The minimum atomic E-state index is 0.0852. The zero-order valence-electron chi connectivity index (χ0n) is 11.1. The highest BCUT2D eigenvalue weighted by Gasteiger charge is 2.27. The highest BCUT2D eigenvalue weighted by atomic mass is 79.9. The van der Waals surface area contributed by atoms with Crippen molar-refractivity contribution in [3.63, 3.8) is 0 Å². The maximum atomic E-state index is 12.3. The van der Waals surface area contributed by atoms with Gasteiger partial charge in [-0.25, -0.2) is 4.98 Å². The normalized spacial score (nSPS) is 15.9. The van der Waals surface area contributed by atoms with E-state index in [1.165, 1.54) is 0 Å². The van der Waals surface area contributed by atoms with E-state index in [0.29, 0.717) is 6.42 Å². The summed E-state index contributed by atoms with van der Waals surface area (Å²) in [5, 5.41) is 0. The smallest absolute Gasteiger partial charge is 0.237 e. The molecule has 0 fully saturated rings. The minimum Gasteiger partial charge on any atom is -0.274 e. The predicted octanol–water partition coefficient (Wildman–Crippen LogP) is 4.38. The summed E-state index contributed by atoms with van der Waals surface area (Å²) in [6.07, 6.45) is 2.44. The van der Waals surface area contributed by atoms with Crippen LogP contribution in [0, 0.1) is 0 Å². The molecule has 1 aliphatic rings. The number of hydrogen-bond acceptors (Lipinski definition) is 2. The van der Waals surface area contributed by atoms with Crippen molar-refractivity contribution in [2.24, 2.45) is 0 Å². The van der Waals surface area contributed by atoms with Gasteiger partial charge in [-0.05, 0) is 35.9 Å². The molecule has 4 heteroatoms. The molecule has 0 saturated carbocycles. The van der Waals surface area contributed by atoms with Gasteiger partial charge in [0.1, 0.15) is 5.82 Å². The molecule has 4 rings (SSSR count). The van der Waals surface area contributed by atoms with Crippen LogP contribution in [0.15, 0.2) is 53.0 Å². The Balaban J connectivity index is 1.88. The number of fused-ring (bicyclic) bond motifs is 3. The standard InChI is InChI=1S/C17H11BrN2O/c18-13-7-5-11(6-8-13)9-12-10-16(21)20-15-4-2-1-3-14(15)19-17(12)20/h1-9H,10H2/b12-9+. The number of hydrogen-bond donors (Lipinski definition) is 0. The molecule has 0 radical (unpaired) electrons. The maximum absolute atomic E-state index is 12.3. The van der Waals surface area contributed by atoms with Crippen LogP contribution in [0.3, 0.4) is 0 Å². The summed E-state index contributed by atoms with van der Waals surface area (Å²) in [5.41, 5.74) is 3.79. The Bertz CT molecular complexity index is 891. The largest absolute Gasteiger partial charge is 0.274 e. The molecular formula is C17H11BrN2O. The number of para-hydroxylation sites is 2. The lowest BCUT2D eigenvalue weighted by molar-refractivity contribution is 0.0935. The fraction of sp³-hybridized carbons (Fsp3) is 0.0588. The molecule has 3 nitrogen and oxygen atoms in total. The number of benzene rings is 2. The van der Waals surface area contributed by atoms with Crippen LogP contribution in [0.2, 0.25) is 0 Å². The number of rotatable bonds is 1. The van der Waals surface area contributed by atoms with Gasteiger partial charge in [0.15, 0.2) is 0 Å². The first kappa shape index (κ1) is 12.5. The van der Waals surface area contributed by atoms with Crippen molar-refractivity contribution in [2.75, 3.05) is 0 Å². The van der Waals surface area contributed by atoms with E-state index in [2.05, 4.69) is 20.9 Å². The second kappa shape index (κ2) is 4.67. The SMILES string of the molecule is O=C1C/C(=C\c2ccc(Br)cc2)c2nc3ccccc3n21.